The maximum absolute atomic E-state index is 14.0. The number of anilines is 1. The summed E-state index contributed by atoms with van der Waals surface area (Å²) in [6, 6.07) is 6.42. The lowest BCUT2D eigenvalue weighted by molar-refractivity contribution is -0.0537. The smallest absolute Gasteiger partial charge is 0.248 e. The van der Waals surface area contributed by atoms with Gasteiger partial charge in [-0.2, -0.15) is 0 Å². The van der Waals surface area contributed by atoms with Crippen molar-refractivity contribution >= 4 is 40.3 Å². The Morgan fingerprint density at radius 3 is 2.69 bits per heavy atom. The number of benzene rings is 1. The monoisotopic (exact) mass is 453 g/mol. The lowest BCUT2D eigenvalue weighted by Gasteiger charge is -2.40. The van der Waals surface area contributed by atoms with Gasteiger partial charge in [0.25, 0.3) is 0 Å². The molecule has 1 spiro atoms. The third-order valence-electron chi connectivity index (χ3n) is 7.34. The third-order valence-corrected chi connectivity index (χ3v) is 8.25. The molecule has 6 heteroatoms. The van der Waals surface area contributed by atoms with Crippen LogP contribution >= 0.6 is 11.3 Å². The molecule has 3 aliphatic rings. The Kier molecular flexibility index (Phi) is 5.04. The van der Waals surface area contributed by atoms with Crippen molar-refractivity contribution in [2.24, 2.45) is 10.4 Å². The van der Waals surface area contributed by atoms with Crippen LogP contribution in [0.5, 0.6) is 0 Å². The highest BCUT2D eigenvalue weighted by Gasteiger charge is 2.52. The van der Waals surface area contributed by atoms with Crippen LogP contribution in [0.15, 0.2) is 41.7 Å². The molecular weight excluding hydrogens is 424 g/mol. The van der Waals surface area contributed by atoms with Gasteiger partial charge in [0.1, 0.15) is 5.84 Å². The minimum Gasteiger partial charge on any atom is -0.377 e. The zero-order valence-corrected chi connectivity index (χ0v) is 19.5. The molecular formula is C26H29F2N3S. The molecule has 32 heavy (non-hydrogen) atoms. The van der Waals surface area contributed by atoms with Gasteiger partial charge in [-0.25, -0.2) is 13.8 Å². The first kappa shape index (κ1) is 21.4. The molecule has 1 saturated heterocycles. The highest BCUT2D eigenvalue weighted by molar-refractivity contribution is 7.11. The molecule has 3 nitrogen and oxygen atoms in total. The number of nitrogens with zero attached hydrogens (tertiary/aromatic N) is 2. The summed E-state index contributed by atoms with van der Waals surface area (Å²) in [5.41, 5.74) is 5.99. The molecule has 1 atom stereocenters. The largest absolute Gasteiger partial charge is 0.377 e. The standard InChI is InChI=1S/C26H29F2N3S/c1-5-22-21(6-13-32-22)29-17(3)19-14-16(2)15-20-18(4)31-12-11-25(24(31)30-23(19)20)7-9-26(27,28)10-8-25/h5-6,13-15,17,29H,1,4,7-12H2,2-3H3. The van der Waals surface area contributed by atoms with Crippen LogP contribution in [-0.2, 0) is 0 Å². The van der Waals surface area contributed by atoms with Crippen LogP contribution in [0.2, 0.25) is 0 Å². The van der Waals surface area contributed by atoms with Gasteiger partial charge in [-0.1, -0.05) is 25.3 Å². The number of rotatable bonds is 4. The number of halogens is 2. The van der Waals surface area contributed by atoms with Gasteiger partial charge in [0.2, 0.25) is 5.92 Å². The molecule has 1 unspecified atom stereocenters. The van der Waals surface area contributed by atoms with Gasteiger partial charge in [0, 0.05) is 46.5 Å². The van der Waals surface area contributed by atoms with Crippen LogP contribution in [0.4, 0.5) is 20.2 Å². The summed E-state index contributed by atoms with van der Waals surface area (Å²) in [6.07, 6.45) is 3.61. The van der Waals surface area contributed by atoms with Crippen molar-refractivity contribution in [3.05, 3.63) is 58.3 Å². The number of fused-ring (bicyclic) bond motifs is 3. The van der Waals surface area contributed by atoms with Crippen molar-refractivity contribution < 1.29 is 8.78 Å². The zero-order chi connectivity index (χ0) is 22.7. The number of aryl methyl sites for hydroxylation is 1. The first-order chi connectivity index (χ1) is 15.2. The van der Waals surface area contributed by atoms with Gasteiger partial charge in [0.05, 0.1) is 17.4 Å². The molecule has 5 rings (SSSR count). The third kappa shape index (κ3) is 3.40. The van der Waals surface area contributed by atoms with Crippen LogP contribution in [0, 0.1) is 12.3 Å². The molecule has 2 aromatic rings. The predicted octanol–water partition coefficient (Wildman–Crippen LogP) is 7.79. The predicted molar refractivity (Wildman–Crippen MR) is 131 cm³/mol. The normalized spacial score (nSPS) is 21.7. The van der Waals surface area contributed by atoms with Crippen LogP contribution in [0.1, 0.15) is 66.6 Å². The van der Waals surface area contributed by atoms with E-state index in [0.29, 0.717) is 12.8 Å². The number of thiophene rings is 1. The number of hydrogen-bond donors (Lipinski definition) is 1. The second kappa shape index (κ2) is 7.55. The summed E-state index contributed by atoms with van der Waals surface area (Å²) in [7, 11) is 0. The van der Waals surface area contributed by atoms with Crippen LogP contribution in [0.3, 0.4) is 0 Å². The quantitative estimate of drug-likeness (QED) is 0.512. The summed E-state index contributed by atoms with van der Waals surface area (Å²) in [6.45, 7) is 13.4. The Bertz CT molecular complexity index is 1120. The molecule has 1 aromatic carbocycles. The maximum Gasteiger partial charge on any atom is 0.248 e. The Morgan fingerprint density at radius 1 is 1.22 bits per heavy atom. The molecule has 0 bridgehead atoms. The lowest BCUT2D eigenvalue weighted by atomic mass is 9.71. The minimum atomic E-state index is -2.55. The zero-order valence-electron chi connectivity index (χ0n) is 18.7. The van der Waals surface area contributed by atoms with Crippen LogP contribution in [0.25, 0.3) is 11.8 Å². The van der Waals surface area contributed by atoms with E-state index < -0.39 is 5.92 Å². The van der Waals surface area contributed by atoms with Crippen molar-refractivity contribution in [2.75, 3.05) is 11.9 Å². The molecule has 1 aliphatic carbocycles. The van der Waals surface area contributed by atoms with E-state index in [1.54, 1.807) is 11.3 Å². The first-order valence-electron chi connectivity index (χ1n) is 11.3. The molecule has 1 aromatic heterocycles. The van der Waals surface area contributed by atoms with Gasteiger partial charge < -0.3 is 10.2 Å². The van der Waals surface area contributed by atoms with E-state index in [1.807, 2.05) is 6.08 Å². The highest BCUT2D eigenvalue weighted by atomic mass is 32.1. The summed E-state index contributed by atoms with van der Waals surface area (Å²) in [4.78, 5) is 8.49. The SMILES string of the molecule is C=Cc1sccc1NC(C)c1cc(C)cc2c1N=C1N(CCC13CCC(F)(F)CC3)C2=C. The number of hydrogen-bond acceptors (Lipinski definition) is 4. The molecule has 1 N–H and O–H groups in total. The van der Waals surface area contributed by atoms with E-state index in [2.05, 4.69) is 60.8 Å². The van der Waals surface area contributed by atoms with Crippen molar-refractivity contribution in [3.8, 4) is 0 Å². The van der Waals surface area contributed by atoms with Gasteiger partial charge in [0.15, 0.2) is 0 Å². The van der Waals surface area contributed by atoms with Crippen molar-refractivity contribution in [2.45, 2.75) is 57.9 Å². The number of alkyl halides is 2. The first-order valence-corrected chi connectivity index (χ1v) is 12.2. The topological polar surface area (TPSA) is 27.6 Å². The Hall–Kier alpha value is -2.47. The molecule has 0 amide bonds. The van der Waals surface area contributed by atoms with E-state index in [9.17, 15) is 8.78 Å². The van der Waals surface area contributed by atoms with Gasteiger partial charge in [-0.15, -0.1) is 11.3 Å². The number of nitrogens with one attached hydrogen (secondary N) is 1. The summed E-state index contributed by atoms with van der Waals surface area (Å²) >= 11 is 1.66. The Balaban J connectivity index is 1.56. The molecule has 1 saturated carbocycles. The summed E-state index contributed by atoms with van der Waals surface area (Å²) < 4.78 is 27.9. The second-order valence-corrected chi connectivity index (χ2v) is 10.4. The second-order valence-electron chi connectivity index (χ2n) is 9.44. The highest BCUT2D eigenvalue weighted by Crippen LogP contribution is 2.54. The van der Waals surface area contributed by atoms with Crippen molar-refractivity contribution in [1.82, 2.24) is 4.90 Å². The number of aliphatic imine (C=N–C) groups is 1. The summed E-state index contributed by atoms with van der Waals surface area (Å²) in [5.74, 6) is -1.60. The van der Waals surface area contributed by atoms with Crippen molar-refractivity contribution in [3.63, 3.8) is 0 Å². The van der Waals surface area contributed by atoms with Crippen LogP contribution < -0.4 is 5.32 Å². The van der Waals surface area contributed by atoms with E-state index >= 15 is 0 Å². The average Bonchev–Trinajstić information content (AvgIpc) is 3.35. The minimum absolute atomic E-state index is 0.0219. The van der Waals surface area contributed by atoms with Crippen LogP contribution in [-0.4, -0.2) is 23.2 Å². The van der Waals surface area contributed by atoms with Gasteiger partial charge in [-0.3, -0.25) is 0 Å². The molecule has 2 aliphatic heterocycles. The van der Waals surface area contributed by atoms with E-state index in [0.717, 1.165) is 57.4 Å². The van der Waals surface area contributed by atoms with Gasteiger partial charge >= 0.3 is 0 Å². The average molecular weight is 454 g/mol. The number of amidine groups is 1. The van der Waals surface area contributed by atoms with E-state index in [-0.39, 0.29) is 24.3 Å². The Morgan fingerprint density at radius 2 is 1.97 bits per heavy atom. The van der Waals surface area contributed by atoms with E-state index in [1.165, 1.54) is 0 Å². The van der Waals surface area contributed by atoms with Crippen molar-refractivity contribution in [1.29, 1.82) is 0 Å². The lowest BCUT2D eigenvalue weighted by Crippen LogP contribution is -2.40. The molecule has 0 radical (unpaired) electrons. The maximum atomic E-state index is 14.0. The molecule has 168 valence electrons. The summed E-state index contributed by atoms with van der Waals surface area (Å²) in [5, 5.41) is 5.67. The molecule has 2 fully saturated rings. The fraction of sp³-hybridized carbons (Fsp3) is 0.423. The fourth-order valence-electron chi connectivity index (χ4n) is 5.48. The molecule has 3 heterocycles. The Labute approximate surface area is 192 Å². The fourth-order valence-corrected chi connectivity index (χ4v) is 6.18. The van der Waals surface area contributed by atoms with Gasteiger partial charge in [-0.05, 0) is 56.2 Å². The van der Waals surface area contributed by atoms with E-state index in [4.69, 9.17) is 4.99 Å².